The normalized spacial score (nSPS) is 11.1. The second-order valence-electron chi connectivity index (χ2n) is 6.17. The third-order valence-corrected chi connectivity index (χ3v) is 4.42. The fourth-order valence-electron chi connectivity index (χ4n) is 3.05. The van der Waals surface area contributed by atoms with E-state index in [1.807, 2.05) is 36.4 Å². The predicted octanol–water partition coefficient (Wildman–Crippen LogP) is 4.96. The number of hydrogen-bond acceptors (Lipinski definition) is 3. The van der Waals surface area contributed by atoms with E-state index in [1.54, 1.807) is 12.1 Å². The average Bonchev–Trinajstić information content (AvgIpc) is 3.22. The van der Waals surface area contributed by atoms with Crippen LogP contribution < -0.4 is 5.73 Å². The second kappa shape index (κ2) is 6.73. The summed E-state index contributed by atoms with van der Waals surface area (Å²) in [6, 6.07) is 19.2. The smallest absolute Gasteiger partial charge is 0.284 e. The summed E-state index contributed by atoms with van der Waals surface area (Å²) in [5.41, 5.74) is 8.09. The predicted molar refractivity (Wildman–Crippen MR) is 101 cm³/mol. The zero-order valence-electron chi connectivity index (χ0n) is 13.9. The van der Waals surface area contributed by atoms with Gasteiger partial charge in [-0.05, 0) is 35.9 Å². The first-order valence-corrected chi connectivity index (χ1v) is 8.59. The Kier molecular flexibility index (Phi) is 4.27. The van der Waals surface area contributed by atoms with Crippen molar-refractivity contribution >= 4 is 28.5 Å². The van der Waals surface area contributed by atoms with Gasteiger partial charge in [-0.25, -0.2) is 0 Å². The maximum absolute atomic E-state index is 11.2. The van der Waals surface area contributed by atoms with Crippen molar-refractivity contribution in [2.75, 3.05) is 0 Å². The van der Waals surface area contributed by atoms with Crippen LogP contribution in [0.15, 0.2) is 69.5 Å². The Morgan fingerprint density at radius 1 is 0.923 bits per heavy atom. The molecule has 0 fully saturated rings. The Balaban J connectivity index is 1.68. The highest BCUT2D eigenvalue weighted by atomic mass is 35.5. The molecule has 2 N–H and O–H groups in total. The van der Waals surface area contributed by atoms with Crippen LogP contribution in [0.1, 0.15) is 33.2 Å². The van der Waals surface area contributed by atoms with E-state index in [9.17, 15) is 4.79 Å². The number of hydrogen-bond donors (Lipinski definition) is 1. The Labute approximate surface area is 155 Å². The Hall–Kier alpha value is -2.98. The van der Waals surface area contributed by atoms with Gasteiger partial charge in [-0.1, -0.05) is 41.9 Å². The van der Waals surface area contributed by atoms with Crippen molar-refractivity contribution in [2.45, 2.75) is 12.8 Å². The number of rotatable bonds is 5. The molecule has 0 unspecified atom stereocenters. The number of nitrogens with two attached hydrogens (primary N) is 1. The first-order chi connectivity index (χ1) is 12.6. The summed E-state index contributed by atoms with van der Waals surface area (Å²) >= 11 is 6.27. The van der Waals surface area contributed by atoms with Crippen LogP contribution in [-0.4, -0.2) is 5.91 Å². The maximum atomic E-state index is 11.2. The van der Waals surface area contributed by atoms with Crippen molar-refractivity contribution < 1.29 is 13.6 Å². The number of fused-ring (bicyclic) bond motifs is 1. The van der Waals surface area contributed by atoms with E-state index in [0.717, 1.165) is 22.3 Å². The van der Waals surface area contributed by atoms with Crippen molar-refractivity contribution in [3.8, 4) is 0 Å². The molecule has 4 rings (SSSR count). The molecule has 0 aliphatic rings. The van der Waals surface area contributed by atoms with Gasteiger partial charge < -0.3 is 14.6 Å². The van der Waals surface area contributed by atoms with Gasteiger partial charge in [-0.2, -0.15) is 0 Å². The number of furan rings is 2. The minimum Gasteiger partial charge on any atom is -0.460 e. The van der Waals surface area contributed by atoms with Crippen LogP contribution in [0.25, 0.3) is 11.0 Å². The van der Waals surface area contributed by atoms with E-state index < -0.39 is 5.91 Å². The molecule has 0 spiro atoms. The number of carbonyl (C=O) groups excluding carboxylic acids is 1. The monoisotopic (exact) mass is 365 g/mol. The number of carbonyl (C=O) groups is 1. The number of primary amides is 1. The van der Waals surface area contributed by atoms with Crippen molar-refractivity contribution in [1.82, 2.24) is 0 Å². The van der Waals surface area contributed by atoms with Gasteiger partial charge in [0.2, 0.25) is 0 Å². The van der Waals surface area contributed by atoms with E-state index in [2.05, 4.69) is 12.1 Å². The van der Waals surface area contributed by atoms with Crippen LogP contribution >= 0.6 is 11.6 Å². The third-order valence-electron chi connectivity index (χ3n) is 4.20. The SMILES string of the molecule is NC(=O)c1ccc(Cc2cc(Cl)cc3cc(Cc4ccccc4)oc23)o1. The molecule has 4 nitrogen and oxygen atoms in total. The largest absolute Gasteiger partial charge is 0.460 e. The lowest BCUT2D eigenvalue weighted by atomic mass is 10.1. The van der Waals surface area contributed by atoms with Crippen LogP contribution in [0.4, 0.5) is 0 Å². The van der Waals surface area contributed by atoms with Crippen molar-refractivity contribution in [1.29, 1.82) is 0 Å². The first-order valence-electron chi connectivity index (χ1n) is 8.22. The van der Waals surface area contributed by atoms with Gasteiger partial charge in [-0.3, -0.25) is 4.79 Å². The summed E-state index contributed by atoms with van der Waals surface area (Å²) in [6.45, 7) is 0. The summed E-state index contributed by atoms with van der Waals surface area (Å²) in [5.74, 6) is 1.05. The lowest BCUT2D eigenvalue weighted by Gasteiger charge is -2.02. The summed E-state index contributed by atoms with van der Waals surface area (Å²) in [5, 5.41) is 1.57. The molecule has 0 aliphatic heterocycles. The van der Waals surface area contributed by atoms with Gasteiger partial charge in [0.05, 0.1) is 0 Å². The summed E-state index contributed by atoms with van der Waals surface area (Å²) in [7, 11) is 0. The number of halogens is 1. The highest BCUT2D eigenvalue weighted by molar-refractivity contribution is 6.31. The average molecular weight is 366 g/mol. The zero-order chi connectivity index (χ0) is 18.1. The van der Waals surface area contributed by atoms with Crippen molar-refractivity contribution in [2.24, 2.45) is 5.73 Å². The molecule has 0 bridgehead atoms. The molecular weight excluding hydrogens is 350 g/mol. The number of amides is 1. The van der Waals surface area contributed by atoms with Crippen molar-refractivity contribution in [3.63, 3.8) is 0 Å². The Bertz CT molecular complexity index is 1080. The fraction of sp³-hybridized carbons (Fsp3) is 0.0952. The van der Waals surface area contributed by atoms with E-state index >= 15 is 0 Å². The Morgan fingerprint density at radius 2 is 1.73 bits per heavy atom. The van der Waals surface area contributed by atoms with Gasteiger partial charge in [0.1, 0.15) is 17.1 Å². The Morgan fingerprint density at radius 3 is 2.46 bits per heavy atom. The molecule has 2 aromatic heterocycles. The molecule has 4 aromatic rings. The topological polar surface area (TPSA) is 69.4 Å². The van der Waals surface area contributed by atoms with Gasteiger partial charge >= 0.3 is 0 Å². The highest BCUT2D eigenvalue weighted by Gasteiger charge is 2.14. The molecule has 0 saturated heterocycles. The van der Waals surface area contributed by atoms with Crippen LogP contribution in [-0.2, 0) is 12.8 Å². The molecule has 26 heavy (non-hydrogen) atoms. The molecule has 5 heteroatoms. The summed E-state index contributed by atoms with van der Waals surface area (Å²) < 4.78 is 11.6. The lowest BCUT2D eigenvalue weighted by molar-refractivity contribution is 0.0972. The van der Waals surface area contributed by atoms with E-state index in [0.29, 0.717) is 23.6 Å². The molecular formula is C21H16ClNO3. The van der Waals surface area contributed by atoms with Gasteiger partial charge in [0, 0.05) is 28.8 Å². The minimum atomic E-state index is -0.587. The van der Waals surface area contributed by atoms with Gasteiger partial charge in [-0.15, -0.1) is 0 Å². The van der Waals surface area contributed by atoms with E-state index in [-0.39, 0.29) is 5.76 Å². The zero-order valence-corrected chi connectivity index (χ0v) is 14.6. The van der Waals surface area contributed by atoms with E-state index in [1.165, 1.54) is 5.56 Å². The maximum Gasteiger partial charge on any atom is 0.284 e. The standard InChI is InChI=1S/C21H16ClNO3/c22-16-9-14(11-17-6-7-19(25-17)21(23)24)20-15(10-16)12-18(26-20)8-13-4-2-1-3-5-13/h1-7,9-10,12H,8,11H2,(H2,23,24). The lowest BCUT2D eigenvalue weighted by Crippen LogP contribution is -2.09. The third kappa shape index (κ3) is 3.37. The summed E-state index contributed by atoms with van der Waals surface area (Å²) in [6.07, 6.45) is 1.17. The summed E-state index contributed by atoms with van der Waals surface area (Å²) in [4.78, 5) is 11.2. The highest BCUT2D eigenvalue weighted by Crippen LogP contribution is 2.30. The van der Waals surface area contributed by atoms with Crippen molar-refractivity contribution in [3.05, 3.63) is 94.1 Å². The second-order valence-corrected chi connectivity index (χ2v) is 6.60. The van der Waals surface area contributed by atoms with Crippen LogP contribution in [0.3, 0.4) is 0 Å². The quantitative estimate of drug-likeness (QED) is 0.543. The van der Waals surface area contributed by atoms with Crippen LogP contribution in [0.2, 0.25) is 5.02 Å². The number of benzene rings is 2. The van der Waals surface area contributed by atoms with Gasteiger partial charge in [0.15, 0.2) is 5.76 Å². The van der Waals surface area contributed by atoms with E-state index in [4.69, 9.17) is 26.2 Å². The van der Waals surface area contributed by atoms with Gasteiger partial charge in [0.25, 0.3) is 5.91 Å². The molecule has 130 valence electrons. The molecule has 0 aliphatic carbocycles. The molecule has 0 saturated carbocycles. The molecule has 0 radical (unpaired) electrons. The van der Waals surface area contributed by atoms with Crippen LogP contribution in [0, 0.1) is 0 Å². The van der Waals surface area contributed by atoms with Crippen LogP contribution in [0.5, 0.6) is 0 Å². The molecule has 1 amide bonds. The minimum absolute atomic E-state index is 0.141. The fourth-order valence-corrected chi connectivity index (χ4v) is 3.30. The first kappa shape index (κ1) is 16.5. The molecule has 0 atom stereocenters. The molecule has 2 aromatic carbocycles. The molecule has 2 heterocycles.